The Balaban J connectivity index is 1.99. The van der Waals surface area contributed by atoms with Crippen LogP contribution in [0.15, 0.2) is 18.5 Å². The SMILES string of the molecule is CCc1cnc(CNC(=O)c2cnc(NN)c(Cl)c2)s1. The Morgan fingerprint density at radius 1 is 1.45 bits per heavy atom. The van der Waals surface area contributed by atoms with Gasteiger partial charge >= 0.3 is 0 Å². The van der Waals surface area contributed by atoms with Gasteiger partial charge in [0, 0.05) is 17.3 Å². The molecule has 8 heteroatoms. The first kappa shape index (κ1) is 14.7. The lowest BCUT2D eigenvalue weighted by molar-refractivity contribution is 0.0950. The first-order valence-corrected chi connectivity index (χ1v) is 7.17. The summed E-state index contributed by atoms with van der Waals surface area (Å²) in [7, 11) is 0. The summed E-state index contributed by atoms with van der Waals surface area (Å²) in [6.45, 7) is 2.45. The molecule has 0 unspecified atom stereocenters. The molecule has 0 atom stereocenters. The van der Waals surface area contributed by atoms with Crippen molar-refractivity contribution in [2.24, 2.45) is 5.84 Å². The van der Waals surface area contributed by atoms with Gasteiger partial charge in [-0.05, 0) is 12.5 Å². The van der Waals surface area contributed by atoms with Gasteiger partial charge in [0.05, 0.1) is 17.1 Å². The molecule has 0 saturated heterocycles. The van der Waals surface area contributed by atoms with Crippen molar-refractivity contribution in [2.45, 2.75) is 19.9 Å². The molecule has 0 aliphatic rings. The fourth-order valence-electron chi connectivity index (χ4n) is 1.52. The zero-order valence-electron chi connectivity index (χ0n) is 10.8. The zero-order valence-corrected chi connectivity index (χ0v) is 12.4. The molecular weight excluding hydrogens is 298 g/mol. The van der Waals surface area contributed by atoms with Gasteiger partial charge in [0.1, 0.15) is 5.01 Å². The summed E-state index contributed by atoms with van der Waals surface area (Å²) in [5.74, 6) is 5.30. The normalized spacial score (nSPS) is 10.3. The van der Waals surface area contributed by atoms with Gasteiger partial charge in [-0.15, -0.1) is 11.3 Å². The lowest BCUT2D eigenvalue weighted by Gasteiger charge is -2.06. The lowest BCUT2D eigenvalue weighted by Crippen LogP contribution is -2.23. The van der Waals surface area contributed by atoms with E-state index in [4.69, 9.17) is 17.4 Å². The molecular formula is C12H14ClN5OS. The minimum absolute atomic E-state index is 0.254. The van der Waals surface area contributed by atoms with Crippen molar-refractivity contribution >= 4 is 34.7 Å². The number of aromatic nitrogens is 2. The van der Waals surface area contributed by atoms with Gasteiger partial charge in [0.15, 0.2) is 5.82 Å². The predicted molar refractivity (Wildman–Crippen MR) is 79.7 cm³/mol. The Kier molecular flexibility index (Phi) is 4.89. The Hall–Kier alpha value is -1.70. The third kappa shape index (κ3) is 3.44. The number of nitrogens with one attached hydrogen (secondary N) is 2. The topological polar surface area (TPSA) is 92.9 Å². The summed E-state index contributed by atoms with van der Waals surface area (Å²) in [6.07, 6.45) is 4.18. The number of thiazole rings is 1. The van der Waals surface area contributed by atoms with Gasteiger partial charge < -0.3 is 10.7 Å². The van der Waals surface area contributed by atoms with E-state index in [0.29, 0.717) is 22.9 Å². The number of hydrazine groups is 1. The average molecular weight is 312 g/mol. The number of hydrogen-bond donors (Lipinski definition) is 3. The number of carbonyl (C=O) groups is 1. The van der Waals surface area contributed by atoms with Crippen LogP contribution in [0.1, 0.15) is 27.2 Å². The maximum absolute atomic E-state index is 12.0. The number of nitrogens with two attached hydrogens (primary N) is 1. The summed E-state index contributed by atoms with van der Waals surface area (Å²) in [5, 5.41) is 3.94. The number of pyridine rings is 1. The van der Waals surface area contributed by atoms with Crippen LogP contribution >= 0.6 is 22.9 Å². The van der Waals surface area contributed by atoms with Crippen molar-refractivity contribution in [3.05, 3.63) is 38.9 Å². The van der Waals surface area contributed by atoms with E-state index in [1.807, 2.05) is 6.20 Å². The maximum atomic E-state index is 12.0. The van der Waals surface area contributed by atoms with Crippen molar-refractivity contribution < 1.29 is 4.79 Å². The molecule has 2 heterocycles. The second-order valence-electron chi connectivity index (χ2n) is 3.96. The van der Waals surface area contributed by atoms with Crippen molar-refractivity contribution in [2.75, 3.05) is 5.43 Å². The molecule has 1 amide bonds. The molecule has 0 radical (unpaired) electrons. The van der Waals surface area contributed by atoms with Crippen molar-refractivity contribution in [1.82, 2.24) is 15.3 Å². The highest BCUT2D eigenvalue weighted by atomic mass is 35.5. The molecule has 4 N–H and O–H groups in total. The number of nitrogens with zero attached hydrogens (tertiary/aromatic N) is 2. The van der Waals surface area contributed by atoms with Crippen LogP contribution in [-0.4, -0.2) is 15.9 Å². The van der Waals surface area contributed by atoms with E-state index < -0.39 is 0 Å². The smallest absolute Gasteiger partial charge is 0.253 e. The third-order valence-electron chi connectivity index (χ3n) is 2.59. The molecule has 2 aromatic rings. The molecule has 0 aliphatic heterocycles. The van der Waals surface area contributed by atoms with Gasteiger partial charge in [-0.1, -0.05) is 18.5 Å². The number of amides is 1. The van der Waals surface area contributed by atoms with Crippen molar-refractivity contribution in [1.29, 1.82) is 0 Å². The lowest BCUT2D eigenvalue weighted by atomic mass is 10.2. The standard InChI is InChI=1S/C12H14ClN5OS/c1-2-8-5-15-10(20-8)6-17-12(19)7-3-9(13)11(18-14)16-4-7/h3-5H,2,6,14H2,1H3,(H,16,18)(H,17,19). The third-order valence-corrected chi connectivity index (χ3v) is 4.02. The molecule has 0 spiro atoms. The number of hydrogen-bond acceptors (Lipinski definition) is 6. The molecule has 0 saturated carbocycles. The van der Waals surface area contributed by atoms with Gasteiger partial charge in [0.25, 0.3) is 5.91 Å². The number of aryl methyl sites for hydroxylation is 1. The van der Waals surface area contributed by atoms with E-state index in [2.05, 4.69) is 27.6 Å². The fourth-order valence-corrected chi connectivity index (χ4v) is 2.54. The first-order chi connectivity index (χ1) is 9.63. The second kappa shape index (κ2) is 6.65. The van der Waals surface area contributed by atoms with E-state index in [1.54, 1.807) is 11.3 Å². The summed E-state index contributed by atoms with van der Waals surface area (Å²) >= 11 is 7.50. The monoisotopic (exact) mass is 311 g/mol. The number of nitrogen functional groups attached to an aromatic ring is 1. The molecule has 20 heavy (non-hydrogen) atoms. The van der Waals surface area contributed by atoms with Crippen molar-refractivity contribution in [3.8, 4) is 0 Å². The summed E-state index contributed by atoms with van der Waals surface area (Å²) < 4.78 is 0. The number of anilines is 1. The van der Waals surface area contributed by atoms with Crippen LogP contribution in [0.25, 0.3) is 0 Å². The Morgan fingerprint density at radius 2 is 2.25 bits per heavy atom. The first-order valence-electron chi connectivity index (χ1n) is 5.98. The maximum Gasteiger partial charge on any atom is 0.253 e. The highest BCUT2D eigenvalue weighted by molar-refractivity contribution is 7.11. The Labute approximate surface area is 125 Å². The van der Waals surface area contributed by atoms with Crippen molar-refractivity contribution in [3.63, 3.8) is 0 Å². The van der Waals surface area contributed by atoms with Crippen LogP contribution < -0.4 is 16.6 Å². The molecule has 6 nitrogen and oxygen atoms in total. The highest BCUT2D eigenvalue weighted by Crippen LogP contribution is 2.19. The quantitative estimate of drug-likeness (QED) is 0.580. The van der Waals surface area contributed by atoms with E-state index in [9.17, 15) is 4.79 Å². The Morgan fingerprint density at radius 3 is 2.85 bits per heavy atom. The molecule has 0 aromatic carbocycles. The van der Waals surface area contributed by atoms with E-state index in [1.165, 1.54) is 17.1 Å². The minimum atomic E-state index is -0.254. The number of carbonyl (C=O) groups excluding carboxylic acids is 1. The largest absolute Gasteiger partial charge is 0.345 e. The summed E-state index contributed by atoms with van der Waals surface area (Å²) in [6, 6.07) is 1.51. The van der Waals surface area contributed by atoms with Crippen LogP contribution in [0.3, 0.4) is 0 Å². The molecule has 0 aliphatic carbocycles. The fraction of sp³-hybridized carbons (Fsp3) is 0.250. The predicted octanol–water partition coefficient (Wildman–Crippen LogP) is 1.97. The second-order valence-corrected chi connectivity index (χ2v) is 5.56. The van der Waals surface area contributed by atoms with E-state index >= 15 is 0 Å². The number of rotatable bonds is 5. The molecule has 106 valence electrons. The highest BCUT2D eigenvalue weighted by Gasteiger charge is 2.10. The average Bonchev–Trinajstić information content (AvgIpc) is 2.92. The van der Waals surface area contributed by atoms with E-state index in [0.717, 1.165) is 11.4 Å². The molecule has 2 rings (SSSR count). The minimum Gasteiger partial charge on any atom is -0.345 e. The van der Waals surface area contributed by atoms with Crippen LogP contribution in [-0.2, 0) is 13.0 Å². The molecule has 0 fully saturated rings. The summed E-state index contributed by atoms with van der Waals surface area (Å²) in [4.78, 5) is 21.3. The number of halogens is 1. The Bertz CT molecular complexity index is 616. The molecule has 2 aromatic heterocycles. The van der Waals surface area contributed by atoms with Gasteiger partial charge in [-0.3, -0.25) is 4.79 Å². The zero-order chi connectivity index (χ0) is 14.5. The van der Waals surface area contributed by atoms with Gasteiger partial charge in [-0.25, -0.2) is 15.8 Å². The van der Waals surface area contributed by atoms with Crippen LogP contribution in [0, 0.1) is 0 Å². The molecule has 0 bridgehead atoms. The van der Waals surface area contributed by atoms with Crippen LogP contribution in [0.2, 0.25) is 5.02 Å². The van der Waals surface area contributed by atoms with Crippen LogP contribution in [0.4, 0.5) is 5.82 Å². The van der Waals surface area contributed by atoms with Gasteiger partial charge in [-0.2, -0.15) is 0 Å². The summed E-state index contributed by atoms with van der Waals surface area (Å²) in [5.41, 5.74) is 2.72. The van der Waals surface area contributed by atoms with Crippen LogP contribution in [0.5, 0.6) is 0 Å². The van der Waals surface area contributed by atoms with Gasteiger partial charge in [0.2, 0.25) is 0 Å². The van der Waals surface area contributed by atoms with E-state index in [-0.39, 0.29) is 5.91 Å².